The third kappa shape index (κ3) is 5.48. The summed E-state index contributed by atoms with van der Waals surface area (Å²) in [6.45, 7) is 4.51. The van der Waals surface area contributed by atoms with Crippen LogP contribution in [0.3, 0.4) is 0 Å². The van der Waals surface area contributed by atoms with Crippen LogP contribution in [0.5, 0.6) is 0 Å². The third-order valence-corrected chi connectivity index (χ3v) is 4.66. The average molecular weight is 366 g/mol. The average Bonchev–Trinajstić information content (AvgIpc) is 3.22. The van der Waals surface area contributed by atoms with Crippen LogP contribution >= 0.6 is 0 Å². The number of aryl methyl sites for hydroxylation is 1. The van der Waals surface area contributed by atoms with Crippen molar-refractivity contribution in [3.05, 3.63) is 59.7 Å². The fourth-order valence-corrected chi connectivity index (χ4v) is 3.16. The van der Waals surface area contributed by atoms with Gasteiger partial charge < -0.3 is 20.9 Å². The highest BCUT2D eigenvalue weighted by atomic mass is 16.2. The second-order valence-corrected chi connectivity index (χ2v) is 6.76. The zero-order chi connectivity index (χ0) is 19.1. The van der Waals surface area contributed by atoms with Gasteiger partial charge in [-0.1, -0.05) is 30.3 Å². The van der Waals surface area contributed by atoms with E-state index in [2.05, 4.69) is 26.9 Å². The highest BCUT2D eigenvalue weighted by molar-refractivity contribution is 5.95. The maximum Gasteiger partial charge on any atom is 0.315 e. The predicted molar refractivity (Wildman–Crippen MR) is 108 cm³/mol. The lowest BCUT2D eigenvalue weighted by Gasteiger charge is -2.19. The van der Waals surface area contributed by atoms with Gasteiger partial charge in [0.25, 0.3) is 0 Å². The van der Waals surface area contributed by atoms with E-state index in [1.807, 2.05) is 49.4 Å². The van der Waals surface area contributed by atoms with Crippen molar-refractivity contribution in [2.45, 2.75) is 26.3 Å². The van der Waals surface area contributed by atoms with Crippen LogP contribution in [0.4, 0.5) is 16.2 Å². The first-order valence-corrected chi connectivity index (χ1v) is 9.33. The summed E-state index contributed by atoms with van der Waals surface area (Å²) in [6, 6.07) is 15.3. The Morgan fingerprint density at radius 3 is 2.44 bits per heavy atom. The van der Waals surface area contributed by atoms with Gasteiger partial charge in [-0.2, -0.15) is 0 Å². The van der Waals surface area contributed by atoms with Gasteiger partial charge in [-0.25, -0.2) is 4.79 Å². The highest BCUT2D eigenvalue weighted by Crippen LogP contribution is 2.25. The molecule has 6 nitrogen and oxygen atoms in total. The SMILES string of the molecule is Cc1cc(N2CCCC2)ccc1NC(=O)CNC(=O)NCc1ccccc1. The van der Waals surface area contributed by atoms with Crippen LogP contribution in [0.2, 0.25) is 0 Å². The van der Waals surface area contributed by atoms with Gasteiger partial charge in [0.15, 0.2) is 0 Å². The Balaban J connectivity index is 1.44. The molecule has 3 rings (SSSR count). The molecule has 3 N–H and O–H groups in total. The van der Waals surface area contributed by atoms with Gasteiger partial charge >= 0.3 is 6.03 Å². The minimum atomic E-state index is -0.366. The van der Waals surface area contributed by atoms with Crippen molar-refractivity contribution in [3.63, 3.8) is 0 Å². The van der Waals surface area contributed by atoms with Crippen LogP contribution in [0, 0.1) is 6.92 Å². The van der Waals surface area contributed by atoms with E-state index in [9.17, 15) is 9.59 Å². The van der Waals surface area contributed by atoms with Crippen molar-refractivity contribution < 1.29 is 9.59 Å². The quantitative estimate of drug-likeness (QED) is 0.736. The predicted octanol–water partition coefficient (Wildman–Crippen LogP) is 3.03. The van der Waals surface area contributed by atoms with Gasteiger partial charge in [-0.05, 0) is 49.1 Å². The fourth-order valence-electron chi connectivity index (χ4n) is 3.16. The maximum absolute atomic E-state index is 12.1. The van der Waals surface area contributed by atoms with Crippen molar-refractivity contribution in [2.75, 3.05) is 29.9 Å². The molecule has 6 heteroatoms. The van der Waals surface area contributed by atoms with Crippen LogP contribution < -0.4 is 20.9 Å². The summed E-state index contributed by atoms with van der Waals surface area (Å²) < 4.78 is 0. The van der Waals surface area contributed by atoms with Gasteiger partial charge in [0.05, 0.1) is 6.54 Å². The zero-order valence-electron chi connectivity index (χ0n) is 15.6. The van der Waals surface area contributed by atoms with Crippen LogP contribution in [0.25, 0.3) is 0 Å². The summed E-state index contributed by atoms with van der Waals surface area (Å²) in [4.78, 5) is 26.3. The summed E-state index contributed by atoms with van der Waals surface area (Å²) in [5, 5.41) is 8.17. The Morgan fingerprint density at radius 2 is 1.74 bits per heavy atom. The van der Waals surface area contributed by atoms with E-state index in [4.69, 9.17) is 0 Å². The number of hydrogen-bond donors (Lipinski definition) is 3. The van der Waals surface area contributed by atoms with E-state index < -0.39 is 0 Å². The zero-order valence-corrected chi connectivity index (χ0v) is 15.6. The van der Waals surface area contributed by atoms with Gasteiger partial charge in [0.1, 0.15) is 0 Å². The first-order chi connectivity index (χ1) is 13.1. The minimum Gasteiger partial charge on any atom is -0.372 e. The molecule has 0 aromatic heterocycles. The van der Waals surface area contributed by atoms with E-state index in [0.29, 0.717) is 6.54 Å². The molecule has 1 aliphatic heterocycles. The van der Waals surface area contributed by atoms with E-state index in [-0.39, 0.29) is 18.5 Å². The number of anilines is 2. The van der Waals surface area contributed by atoms with Crippen molar-refractivity contribution in [2.24, 2.45) is 0 Å². The van der Waals surface area contributed by atoms with Crippen molar-refractivity contribution >= 4 is 23.3 Å². The molecular formula is C21H26N4O2. The summed E-state index contributed by atoms with van der Waals surface area (Å²) in [7, 11) is 0. The summed E-state index contributed by atoms with van der Waals surface area (Å²) >= 11 is 0. The molecule has 2 aromatic rings. The molecule has 3 amide bonds. The number of amides is 3. The Labute approximate surface area is 159 Å². The standard InChI is InChI=1S/C21H26N4O2/c1-16-13-18(25-11-5-6-12-25)9-10-19(16)24-20(26)15-23-21(27)22-14-17-7-3-2-4-8-17/h2-4,7-10,13H,5-6,11-12,14-15H2,1H3,(H,24,26)(H2,22,23,27). The van der Waals surface area contributed by atoms with Crippen molar-refractivity contribution in [3.8, 4) is 0 Å². The van der Waals surface area contributed by atoms with Gasteiger partial charge in [0, 0.05) is 31.0 Å². The monoisotopic (exact) mass is 366 g/mol. The first kappa shape index (κ1) is 18.8. The van der Waals surface area contributed by atoms with Crippen LogP contribution in [0.1, 0.15) is 24.0 Å². The van der Waals surface area contributed by atoms with Crippen LogP contribution in [0.15, 0.2) is 48.5 Å². The number of benzene rings is 2. The van der Waals surface area contributed by atoms with Gasteiger partial charge in [-0.15, -0.1) is 0 Å². The smallest absolute Gasteiger partial charge is 0.315 e. The van der Waals surface area contributed by atoms with Crippen molar-refractivity contribution in [1.29, 1.82) is 0 Å². The number of urea groups is 1. The summed E-state index contributed by atoms with van der Waals surface area (Å²) in [5.41, 5.74) is 3.99. The molecular weight excluding hydrogens is 340 g/mol. The van der Waals surface area contributed by atoms with Crippen LogP contribution in [-0.2, 0) is 11.3 Å². The van der Waals surface area contributed by atoms with Gasteiger partial charge in [-0.3, -0.25) is 4.79 Å². The molecule has 0 unspecified atom stereocenters. The summed E-state index contributed by atoms with van der Waals surface area (Å²) in [6.07, 6.45) is 2.46. The lowest BCUT2D eigenvalue weighted by molar-refractivity contribution is -0.115. The molecule has 1 saturated heterocycles. The normalized spacial score (nSPS) is 13.3. The van der Waals surface area contributed by atoms with Crippen molar-refractivity contribution in [1.82, 2.24) is 10.6 Å². The molecule has 0 saturated carbocycles. The van der Waals surface area contributed by atoms with E-state index in [1.54, 1.807) is 0 Å². The fraction of sp³-hybridized carbons (Fsp3) is 0.333. The number of carbonyl (C=O) groups is 2. The second kappa shape index (κ2) is 9.07. The molecule has 0 atom stereocenters. The molecule has 1 aliphatic rings. The third-order valence-electron chi connectivity index (χ3n) is 4.66. The molecule has 27 heavy (non-hydrogen) atoms. The Bertz CT molecular complexity index is 786. The molecule has 142 valence electrons. The number of nitrogens with one attached hydrogen (secondary N) is 3. The van der Waals surface area contributed by atoms with E-state index in [0.717, 1.165) is 29.9 Å². The number of rotatable bonds is 6. The van der Waals surface area contributed by atoms with Crippen LogP contribution in [-0.4, -0.2) is 31.6 Å². The molecule has 0 bridgehead atoms. The topological polar surface area (TPSA) is 73.5 Å². The first-order valence-electron chi connectivity index (χ1n) is 9.33. The van der Waals surface area contributed by atoms with Gasteiger partial charge in [0.2, 0.25) is 5.91 Å². The number of nitrogens with zero attached hydrogens (tertiary/aromatic N) is 1. The lowest BCUT2D eigenvalue weighted by atomic mass is 10.1. The molecule has 2 aromatic carbocycles. The maximum atomic E-state index is 12.1. The lowest BCUT2D eigenvalue weighted by Crippen LogP contribution is -2.39. The Morgan fingerprint density at radius 1 is 1.00 bits per heavy atom. The number of hydrogen-bond acceptors (Lipinski definition) is 3. The molecule has 1 fully saturated rings. The largest absolute Gasteiger partial charge is 0.372 e. The second-order valence-electron chi connectivity index (χ2n) is 6.76. The van der Waals surface area contributed by atoms with E-state index in [1.165, 1.54) is 18.5 Å². The molecule has 0 aliphatic carbocycles. The molecule has 0 radical (unpaired) electrons. The summed E-state index contributed by atoms with van der Waals surface area (Å²) in [5.74, 6) is -0.248. The highest BCUT2D eigenvalue weighted by Gasteiger charge is 2.14. The minimum absolute atomic E-state index is 0.0755. The van der Waals surface area contributed by atoms with E-state index >= 15 is 0 Å². The Hall–Kier alpha value is -3.02. The molecule has 1 heterocycles. The Kier molecular flexibility index (Phi) is 6.30. The number of carbonyl (C=O) groups excluding carboxylic acids is 2. The molecule has 0 spiro atoms.